The number of benzene rings is 4. The predicted octanol–water partition coefficient (Wildman–Crippen LogP) is 5.79. The lowest BCUT2D eigenvalue weighted by molar-refractivity contribution is 0.111. The minimum atomic E-state index is -4.40. The van der Waals surface area contributed by atoms with Crippen LogP contribution in [-0.2, 0) is 20.2 Å². The zero-order chi connectivity index (χ0) is 28.2. The molecule has 202 valence electrons. The first kappa shape index (κ1) is 27.9. The van der Waals surface area contributed by atoms with Gasteiger partial charge in [-0.05, 0) is 50.6 Å². The lowest BCUT2D eigenvalue weighted by Crippen LogP contribution is -2.14. The lowest BCUT2D eigenvalue weighted by Gasteiger charge is -2.19. The van der Waals surface area contributed by atoms with Crippen LogP contribution in [0.25, 0.3) is 0 Å². The van der Waals surface area contributed by atoms with Gasteiger partial charge in [0.25, 0.3) is 0 Å². The molecule has 4 aromatic rings. The molecule has 0 saturated heterocycles. The third-order valence-electron chi connectivity index (χ3n) is 5.79. The van der Waals surface area contributed by atoms with E-state index in [0.717, 1.165) is 22.8 Å². The summed E-state index contributed by atoms with van der Waals surface area (Å²) in [5, 5.41) is 0. The summed E-state index contributed by atoms with van der Waals surface area (Å²) in [5.74, 6) is -0.866. The second kappa shape index (κ2) is 11.3. The molecule has 0 aliphatic carbocycles. The second-order valence-corrected chi connectivity index (χ2v) is 11.9. The van der Waals surface area contributed by atoms with E-state index in [9.17, 15) is 21.6 Å². The molecule has 39 heavy (non-hydrogen) atoms. The average molecular weight is 567 g/mol. The summed E-state index contributed by atoms with van der Waals surface area (Å²) in [6, 6.07) is 23.2. The van der Waals surface area contributed by atoms with Crippen molar-refractivity contribution < 1.29 is 34.7 Å². The molecule has 0 aliphatic rings. The van der Waals surface area contributed by atoms with E-state index in [2.05, 4.69) is 0 Å². The van der Waals surface area contributed by atoms with E-state index < -0.39 is 32.1 Å². The molecular formula is C29H26O8S2. The highest BCUT2D eigenvalue weighted by Crippen LogP contribution is 2.38. The molecule has 4 aromatic carbocycles. The van der Waals surface area contributed by atoms with Crippen LogP contribution in [0.5, 0.6) is 17.2 Å². The van der Waals surface area contributed by atoms with Gasteiger partial charge in [-0.25, -0.2) is 0 Å². The van der Waals surface area contributed by atoms with Crippen molar-refractivity contribution >= 4 is 26.5 Å². The topological polar surface area (TPSA) is 113 Å². The zero-order valence-corrected chi connectivity index (χ0v) is 23.0. The van der Waals surface area contributed by atoms with E-state index in [-0.39, 0.29) is 26.9 Å². The van der Waals surface area contributed by atoms with Gasteiger partial charge in [-0.2, -0.15) is 16.8 Å². The van der Waals surface area contributed by atoms with Gasteiger partial charge in [-0.1, -0.05) is 65.7 Å². The molecule has 4 rings (SSSR count). The van der Waals surface area contributed by atoms with Crippen molar-refractivity contribution in [3.8, 4) is 17.2 Å². The van der Waals surface area contributed by atoms with Crippen LogP contribution in [0.15, 0.2) is 101 Å². The molecule has 0 saturated carbocycles. The zero-order valence-electron chi connectivity index (χ0n) is 21.4. The van der Waals surface area contributed by atoms with Crippen LogP contribution in [0.2, 0.25) is 0 Å². The smallest absolute Gasteiger partial charge is 0.339 e. The van der Waals surface area contributed by atoms with Crippen molar-refractivity contribution in [2.45, 2.75) is 36.7 Å². The minimum absolute atomic E-state index is 0.109. The van der Waals surface area contributed by atoms with E-state index in [1.165, 1.54) is 30.3 Å². The van der Waals surface area contributed by atoms with Gasteiger partial charge in [0, 0.05) is 12.1 Å². The van der Waals surface area contributed by atoms with E-state index in [1.54, 1.807) is 38.1 Å². The maximum atomic E-state index is 13.0. The Morgan fingerprint density at radius 3 is 1.67 bits per heavy atom. The summed E-state index contributed by atoms with van der Waals surface area (Å²) in [7, 11) is -8.71. The Balaban J connectivity index is 1.79. The Morgan fingerprint density at radius 1 is 0.667 bits per heavy atom. The molecular weight excluding hydrogens is 540 g/mol. The monoisotopic (exact) mass is 566 g/mol. The van der Waals surface area contributed by atoms with E-state index in [1.807, 2.05) is 37.3 Å². The molecule has 0 heterocycles. The fourth-order valence-electron chi connectivity index (χ4n) is 3.64. The summed E-state index contributed by atoms with van der Waals surface area (Å²) in [6.07, 6.45) is -0.207. The Kier molecular flexibility index (Phi) is 8.08. The van der Waals surface area contributed by atoms with Crippen LogP contribution in [-0.4, -0.2) is 23.1 Å². The van der Waals surface area contributed by atoms with Crippen molar-refractivity contribution in [1.82, 2.24) is 0 Å². The van der Waals surface area contributed by atoms with Crippen molar-refractivity contribution in [1.29, 1.82) is 0 Å². The standard InChI is InChI=1S/C29H26O8S2/c1-20-9-13-25(14-10-20)38(31,32)36-24-17-28(35-22(3)23-7-5-4-6-8-23)27(19-30)29(18-24)37-39(33,34)26-15-11-21(2)12-16-26/h4-19,22H,1-3H3. The number of hydrogen-bond acceptors (Lipinski definition) is 8. The first-order chi connectivity index (χ1) is 18.5. The van der Waals surface area contributed by atoms with Gasteiger partial charge in [-0.15, -0.1) is 0 Å². The maximum absolute atomic E-state index is 13.0. The number of hydrogen-bond donors (Lipinski definition) is 0. The predicted molar refractivity (Wildman–Crippen MR) is 145 cm³/mol. The SMILES string of the molecule is Cc1ccc(S(=O)(=O)Oc2cc(OC(C)c3ccccc3)c(C=O)c(OS(=O)(=O)c3ccc(C)cc3)c2)cc1. The summed E-state index contributed by atoms with van der Waals surface area (Å²) in [4.78, 5) is 11.9. The first-order valence-electron chi connectivity index (χ1n) is 11.9. The molecule has 0 radical (unpaired) electrons. The second-order valence-electron chi connectivity index (χ2n) is 8.82. The van der Waals surface area contributed by atoms with Gasteiger partial charge in [0.2, 0.25) is 0 Å². The highest BCUT2D eigenvalue weighted by molar-refractivity contribution is 7.87. The third-order valence-corrected chi connectivity index (χ3v) is 8.30. The molecule has 0 amide bonds. The van der Waals surface area contributed by atoms with Crippen molar-refractivity contribution in [2.75, 3.05) is 0 Å². The van der Waals surface area contributed by atoms with E-state index in [0.29, 0.717) is 6.29 Å². The molecule has 10 heteroatoms. The third kappa shape index (κ3) is 6.65. The highest BCUT2D eigenvalue weighted by atomic mass is 32.2. The molecule has 0 aliphatic heterocycles. The number of aldehydes is 1. The molecule has 0 fully saturated rings. The Hall–Kier alpha value is -4.15. The summed E-state index contributed by atoms with van der Waals surface area (Å²) < 4.78 is 68.7. The average Bonchev–Trinajstić information content (AvgIpc) is 2.89. The molecule has 0 aromatic heterocycles. The summed E-state index contributed by atoms with van der Waals surface area (Å²) >= 11 is 0. The van der Waals surface area contributed by atoms with E-state index in [4.69, 9.17) is 13.1 Å². The number of carbonyl (C=O) groups excluding carboxylic acids is 1. The molecule has 1 unspecified atom stereocenters. The number of aryl methyl sites for hydroxylation is 2. The molecule has 0 spiro atoms. The van der Waals surface area contributed by atoms with Crippen LogP contribution in [0.3, 0.4) is 0 Å². The van der Waals surface area contributed by atoms with Crippen molar-refractivity contribution in [2.24, 2.45) is 0 Å². The molecule has 1 atom stereocenters. The van der Waals surface area contributed by atoms with Crippen LogP contribution >= 0.6 is 0 Å². The van der Waals surface area contributed by atoms with Gasteiger partial charge >= 0.3 is 20.2 Å². The Labute approximate surface area is 228 Å². The number of rotatable bonds is 10. The molecule has 8 nitrogen and oxygen atoms in total. The molecule has 0 N–H and O–H groups in total. The normalized spacial score (nSPS) is 12.4. The van der Waals surface area contributed by atoms with Gasteiger partial charge in [0.15, 0.2) is 12.0 Å². The Morgan fingerprint density at radius 2 is 1.15 bits per heavy atom. The van der Waals surface area contributed by atoms with Crippen molar-refractivity contribution in [3.05, 3.63) is 113 Å². The summed E-state index contributed by atoms with van der Waals surface area (Å²) in [6.45, 7) is 5.34. The number of carbonyl (C=O) groups is 1. The quantitative estimate of drug-likeness (QED) is 0.175. The van der Waals surface area contributed by atoms with Gasteiger partial charge in [0.1, 0.15) is 33.0 Å². The van der Waals surface area contributed by atoms with Crippen LogP contribution in [0.4, 0.5) is 0 Å². The van der Waals surface area contributed by atoms with Gasteiger partial charge in [0.05, 0.1) is 0 Å². The fourth-order valence-corrected chi connectivity index (χ4v) is 5.50. The van der Waals surface area contributed by atoms with E-state index >= 15 is 0 Å². The van der Waals surface area contributed by atoms with Gasteiger partial charge in [-0.3, -0.25) is 4.79 Å². The van der Waals surface area contributed by atoms with Crippen LogP contribution in [0.1, 0.15) is 40.1 Å². The Bertz CT molecular complexity index is 1680. The minimum Gasteiger partial charge on any atom is -0.485 e. The molecule has 0 bridgehead atoms. The van der Waals surface area contributed by atoms with Gasteiger partial charge < -0.3 is 13.1 Å². The largest absolute Gasteiger partial charge is 0.485 e. The highest BCUT2D eigenvalue weighted by Gasteiger charge is 2.25. The van der Waals surface area contributed by atoms with Crippen molar-refractivity contribution in [3.63, 3.8) is 0 Å². The summed E-state index contributed by atoms with van der Waals surface area (Å²) in [5.41, 5.74) is 2.23. The maximum Gasteiger partial charge on any atom is 0.339 e. The first-order valence-corrected chi connectivity index (χ1v) is 14.7. The van der Waals surface area contributed by atoms with Crippen LogP contribution < -0.4 is 13.1 Å². The van der Waals surface area contributed by atoms with Crippen LogP contribution in [0, 0.1) is 13.8 Å². The fraction of sp³-hybridized carbons (Fsp3) is 0.138. The number of ether oxygens (including phenoxy) is 1. The lowest BCUT2D eigenvalue weighted by atomic mass is 10.1.